The predicted molar refractivity (Wildman–Crippen MR) is 68.0 cm³/mol. The van der Waals surface area contributed by atoms with Crippen molar-refractivity contribution in [2.24, 2.45) is 0 Å². The molecule has 4 heteroatoms. The summed E-state index contributed by atoms with van der Waals surface area (Å²) in [5, 5.41) is 10.4. The average Bonchev–Trinajstić information content (AvgIpc) is 2.32. The van der Waals surface area contributed by atoms with Crippen LogP contribution < -0.4 is 0 Å². The monoisotopic (exact) mass is 252 g/mol. The molecule has 0 amide bonds. The topological polar surface area (TPSA) is 63.6 Å². The summed E-state index contributed by atoms with van der Waals surface area (Å²) in [6, 6.07) is 0. The summed E-state index contributed by atoms with van der Waals surface area (Å²) < 4.78 is 4.54. The molecule has 0 bridgehead atoms. The van der Waals surface area contributed by atoms with E-state index in [9.17, 15) is 14.7 Å². The highest BCUT2D eigenvalue weighted by Gasteiger charge is 2.32. The Morgan fingerprint density at radius 2 is 2.28 bits per heavy atom. The van der Waals surface area contributed by atoms with Crippen LogP contribution in [0.15, 0.2) is 23.3 Å². The fourth-order valence-corrected chi connectivity index (χ4v) is 2.03. The molecule has 0 fully saturated rings. The minimum atomic E-state index is -0.918. The number of aliphatic hydroxyl groups is 1. The number of methoxy groups -OCH3 is 1. The van der Waals surface area contributed by atoms with Crippen molar-refractivity contribution in [3.05, 3.63) is 23.3 Å². The molecule has 0 heterocycles. The summed E-state index contributed by atoms with van der Waals surface area (Å²) in [4.78, 5) is 22.3. The summed E-state index contributed by atoms with van der Waals surface area (Å²) in [7, 11) is 1.33. The number of esters is 1. The summed E-state index contributed by atoms with van der Waals surface area (Å²) in [5.41, 5.74) is 0.656. The van der Waals surface area contributed by atoms with Crippen molar-refractivity contribution in [1.29, 1.82) is 0 Å². The number of rotatable bonds is 4. The van der Waals surface area contributed by atoms with E-state index in [0.29, 0.717) is 31.3 Å². The standard InChI is InChI=1S/C14H20O4/c1-10(8-13(16)18-3)4-6-14(17)7-5-12(15)9-11(14)2/h8-9,17H,4-7H2,1-3H3/b10-8-. The second-order valence-electron chi connectivity index (χ2n) is 4.84. The first-order valence-electron chi connectivity index (χ1n) is 6.06. The number of ketones is 1. The maximum absolute atomic E-state index is 11.2. The molecule has 0 spiro atoms. The van der Waals surface area contributed by atoms with Gasteiger partial charge in [0, 0.05) is 12.5 Å². The Labute approximate surface area is 107 Å². The Kier molecular flexibility index (Phi) is 4.84. The fraction of sp³-hybridized carbons (Fsp3) is 0.571. The lowest BCUT2D eigenvalue weighted by molar-refractivity contribution is -0.134. The van der Waals surface area contributed by atoms with Gasteiger partial charge in [-0.3, -0.25) is 4.79 Å². The molecule has 1 rings (SSSR count). The Bertz CT molecular complexity index is 406. The van der Waals surface area contributed by atoms with E-state index < -0.39 is 5.60 Å². The third-order valence-electron chi connectivity index (χ3n) is 3.39. The number of carbonyl (C=O) groups is 2. The van der Waals surface area contributed by atoms with Gasteiger partial charge >= 0.3 is 5.97 Å². The fourth-order valence-electron chi connectivity index (χ4n) is 2.03. The quantitative estimate of drug-likeness (QED) is 0.613. The molecule has 0 saturated carbocycles. The van der Waals surface area contributed by atoms with Gasteiger partial charge in [0.1, 0.15) is 0 Å². The molecule has 0 aromatic rings. The van der Waals surface area contributed by atoms with Gasteiger partial charge in [-0.2, -0.15) is 0 Å². The first-order valence-corrected chi connectivity index (χ1v) is 6.06. The van der Waals surface area contributed by atoms with E-state index in [1.807, 2.05) is 6.92 Å². The number of hydrogen-bond acceptors (Lipinski definition) is 4. The second kappa shape index (κ2) is 5.96. The SMILES string of the molecule is COC(=O)/C=C(/C)CCC1(O)CCC(=O)C=C1C. The summed E-state index contributed by atoms with van der Waals surface area (Å²) in [6.45, 7) is 3.60. The zero-order chi connectivity index (χ0) is 13.8. The molecule has 0 saturated heterocycles. The number of hydrogen-bond donors (Lipinski definition) is 1. The second-order valence-corrected chi connectivity index (χ2v) is 4.84. The first-order chi connectivity index (χ1) is 8.37. The van der Waals surface area contributed by atoms with Crippen molar-refractivity contribution in [2.45, 2.75) is 45.1 Å². The number of allylic oxidation sites excluding steroid dienone is 2. The molecule has 1 atom stereocenters. The van der Waals surface area contributed by atoms with Gasteiger partial charge < -0.3 is 9.84 Å². The first kappa shape index (κ1) is 14.6. The zero-order valence-corrected chi connectivity index (χ0v) is 11.2. The van der Waals surface area contributed by atoms with Crippen LogP contribution in [0.5, 0.6) is 0 Å². The van der Waals surface area contributed by atoms with Crippen LogP contribution in [0.2, 0.25) is 0 Å². The van der Waals surface area contributed by atoms with Gasteiger partial charge in [-0.05, 0) is 44.8 Å². The van der Waals surface area contributed by atoms with Gasteiger partial charge in [0.05, 0.1) is 12.7 Å². The van der Waals surface area contributed by atoms with E-state index in [-0.39, 0.29) is 11.8 Å². The lowest BCUT2D eigenvalue weighted by atomic mass is 9.80. The summed E-state index contributed by atoms with van der Waals surface area (Å²) in [6.07, 6.45) is 4.90. The van der Waals surface area contributed by atoms with E-state index in [4.69, 9.17) is 0 Å². The van der Waals surface area contributed by atoms with Gasteiger partial charge in [0.25, 0.3) is 0 Å². The van der Waals surface area contributed by atoms with Crippen LogP contribution in [0.1, 0.15) is 39.5 Å². The molecule has 1 unspecified atom stereocenters. The van der Waals surface area contributed by atoms with E-state index >= 15 is 0 Å². The highest BCUT2D eigenvalue weighted by atomic mass is 16.5. The van der Waals surface area contributed by atoms with Crippen LogP contribution in [-0.2, 0) is 14.3 Å². The number of ether oxygens (including phenoxy) is 1. The Morgan fingerprint density at radius 3 is 2.83 bits per heavy atom. The van der Waals surface area contributed by atoms with Crippen LogP contribution >= 0.6 is 0 Å². The van der Waals surface area contributed by atoms with Gasteiger partial charge in [-0.25, -0.2) is 4.79 Å². The molecule has 4 nitrogen and oxygen atoms in total. The minimum Gasteiger partial charge on any atom is -0.466 e. The zero-order valence-electron chi connectivity index (χ0n) is 11.2. The molecular formula is C14H20O4. The van der Waals surface area contributed by atoms with Crippen LogP contribution in [0.4, 0.5) is 0 Å². The van der Waals surface area contributed by atoms with Gasteiger partial charge in [0.15, 0.2) is 5.78 Å². The van der Waals surface area contributed by atoms with E-state index in [1.165, 1.54) is 19.3 Å². The summed E-state index contributed by atoms with van der Waals surface area (Å²) in [5.74, 6) is -0.315. The van der Waals surface area contributed by atoms with Crippen molar-refractivity contribution in [3.8, 4) is 0 Å². The van der Waals surface area contributed by atoms with Gasteiger partial charge in [0.2, 0.25) is 0 Å². The van der Waals surface area contributed by atoms with Gasteiger partial charge in [-0.15, -0.1) is 0 Å². The minimum absolute atomic E-state index is 0.0685. The molecule has 0 aliphatic heterocycles. The van der Waals surface area contributed by atoms with Crippen LogP contribution in [0.3, 0.4) is 0 Å². The third-order valence-corrected chi connectivity index (χ3v) is 3.39. The van der Waals surface area contributed by atoms with Crippen LogP contribution in [0, 0.1) is 0 Å². The molecule has 1 aliphatic carbocycles. The lowest BCUT2D eigenvalue weighted by Gasteiger charge is -2.32. The Hall–Kier alpha value is -1.42. The molecule has 0 aromatic heterocycles. The maximum atomic E-state index is 11.2. The van der Waals surface area contributed by atoms with Crippen molar-refractivity contribution in [1.82, 2.24) is 0 Å². The van der Waals surface area contributed by atoms with E-state index in [0.717, 1.165) is 5.57 Å². The van der Waals surface area contributed by atoms with Crippen molar-refractivity contribution in [3.63, 3.8) is 0 Å². The third kappa shape index (κ3) is 3.81. The Balaban J connectivity index is 2.63. The number of carbonyl (C=O) groups excluding carboxylic acids is 2. The van der Waals surface area contributed by atoms with Gasteiger partial charge in [-0.1, -0.05) is 5.57 Å². The van der Waals surface area contributed by atoms with Crippen molar-refractivity contribution >= 4 is 11.8 Å². The average molecular weight is 252 g/mol. The smallest absolute Gasteiger partial charge is 0.330 e. The predicted octanol–water partition coefficient (Wildman–Crippen LogP) is 1.93. The molecular weight excluding hydrogens is 232 g/mol. The van der Waals surface area contributed by atoms with Crippen LogP contribution in [0.25, 0.3) is 0 Å². The summed E-state index contributed by atoms with van der Waals surface area (Å²) >= 11 is 0. The molecule has 0 radical (unpaired) electrons. The van der Waals surface area contributed by atoms with E-state index in [2.05, 4.69) is 4.74 Å². The normalized spacial score (nSPS) is 24.8. The highest BCUT2D eigenvalue weighted by molar-refractivity contribution is 5.91. The van der Waals surface area contributed by atoms with Crippen molar-refractivity contribution in [2.75, 3.05) is 7.11 Å². The molecule has 1 N–H and O–H groups in total. The Morgan fingerprint density at radius 1 is 1.61 bits per heavy atom. The van der Waals surface area contributed by atoms with Crippen molar-refractivity contribution < 1.29 is 19.4 Å². The molecule has 18 heavy (non-hydrogen) atoms. The molecule has 1 aliphatic rings. The molecule has 100 valence electrons. The van der Waals surface area contributed by atoms with E-state index in [1.54, 1.807) is 6.92 Å². The van der Waals surface area contributed by atoms with Crippen LogP contribution in [-0.4, -0.2) is 29.6 Å². The highest BCUT2D eigenvalue weighted by Crippen LogP contribution is 2.32. The maximum Gasteiger partial charge on any atom is 0.330 e. The lowest BCUT2D eigenvalue weighted by Crippen LogP contribution is -2.34. The molecule has 0 aromatic carbocycles. The largest absolute Gasteiger partial charge is 0.466 e.